The van der Waals surface area contributed by atoms with Crippen molar-refractivity contribution in [1.82, 2.24) is 29.7 Å². The Bertz CT molecular complexity index is 1160. The Balaban J connectivity index is 1.58. The molecule has 0 aliphatic heterocycles. The minimum atomic E-state index is 0.144. The van der Waals surface area contributed by atoms with Crippen molar-refractivity contribution in [3.05, 3.63) is 63.4 Å². The highest BCUT2D eigenvalue weighted by Crippen LogP contribution is 2.29. The van der Waals surface area contributed by atoms with Gasteiger partial charge in [-0.05, 0) is 79.8 Å². The number of hydrogen-bond acceptors (Lipinski definition) is 6. The maximum atomic E-state index is 5.65. The molecule has 0 unspecified atom stereocenters. The van der Waals surface area contributed by atoms with Gasteiger partial charge in [0.15, 0.2) is 0 Å². The summed E-state index contributed by atoms with van der Waals surface area (Å²) < 4.78 is 5.27. The first-order valence-corrected chi connectivity index (χ1v) is 10.3. The molecule has 0 radical (unpaired) electrons. The molecule has 4 aromatic rings. The summed E-state index contributed by atoms with van der Waals surface area (Å²) in [5, 5.41) is 9.66. The van der Waals surface area contributed by atoms with E-state index in [1.807, 2.05) is 18.2 Å². The predicted molar refractivity (Wildman–Crippen MR) is 115 cm³/mol. The number of thiazole rings is 1. The van der Waals surface area contributed by atoms with Gasteiger partial charge in [0.1, 0.15) is 5.01 Å². The zero-order valence-corrected chi connectivity index (χ0v) is 18.0. The van der Waals surface area contributed by atoms with E-state index in [1.165, 1.54) is 10.3 Å². The highest BCUT2D eigenvalue weighted by molar-refractivity contribution is 7.71. The third-order valence-corrected chi connectivity index (χ3v) is 6.51. The fourth-order valence-corrected chi connectivity index (χ4v) is 4.37. The molecule has 144 valence electrons. The Hall–Kier alpha value is -2.42. The van der Waals surface area contributed by atoms with Crippen LogP contribution in [0.2, 0.25) is 0 Å². The number of aromatic nitrogens is 5. The second kappa shape index (κ2) is 7.54. The first-order chi connectivity index (χ1) is 13.4. The quantitative estimate of drug-likeness (QED) is 0.447. The van der Waals surface area contributed by atoms with Gasteiger partial charge >= 0.3 is 0 Å². The van der Waals surface area contributed by atoms with E-state index < -0.39 is 0 Å². The van der Waals surface area contributed by atoms with Gasteiger partial charge in [-0.15, -0.1) is 11.3 Å². The second-order valence-corrected chi connectivity index (χ2v) is 8.48. The van der Waals surface area contributed by atoms with Gasteiger partial charge in [-0.1, -0.05) is 24.3 Å². The van der Waals surface area contributed by atoms with Gasteiger partial charge in [-0.25, -0.2) is 9.67 Å². The maximum Gasteiger partial charge on any atom is 0.221 e. The average molecular weight is 411 g/mol. The fraction of sp³-hybridized carbons (Fsp3) is 0.300. The van der Waals surface area contributed by atoms with Crippen LogP contribution >= 0.6 is 23.6 Å². The number of benzene rings is 2. The van der Waals surface area contributed by atoms with Crippen molar-refractivity contribution >= 4 is 33.8 Å². The Morgan fingerprint density at radius 2 is 1.93 bits per heavy atom. The summed E-state index contributed by atoms with van der Waals surface area (Å²) in [5.41, 5.74) is 4.29. The normalized spacial score (nSPS) is 12.8. The molecule has 0 aliphatic rings. The van der Waals surface area contributed by atoms with Crippen LogP contribution in [0, 0.1) is 18.6 Å². The monoisotopic (exact) mass is 410 g/mol. The first-order valence-electron chi connectivity index (χ1n) is 9.10. The zero-order valence-electron chi connectivity index (χ0n) is 16.3. The number of hydrogen-bond donors (Lipinski definition) is 0. The van der Waals surface area contributed by atoms with E-state index in [9.17, 15) is 0 Å². The molecule has 28 heavy (non-hydrogen) atoms. The van der Waals surface area contributed by atoms with Gasteiger partial charge < -0.3 is 0 Å². The van der Waals surface area contributed by atoms with Gasteiger partial charge in [0, 0.05) is 0 Å². The van der Waals surface area contributed by atoms with E-state index in [-0.39, 0.29) is 6.04 Å². The van der Waals surface area contributed by atoms with E-state index in [0.717, 1.165) is 21.8 Å². The molecule has 0 aliphatic carbocycles. The van der Waals surface area contributed by atoms with Crippen LogP contribution in [-0.2, 0) is 6.67 Å². The largest absolute Gasteiger partial charge is 0.278 e. The number of nitrogens with zero attached hydrogens (tertiary/aromatic N) is 6. The van der Waals surface area contributed by atoms with Crippen LogP contribution in [-0.4, -0.2) is 36.7 Å². The number of para-hydroxylation sites is 1. The van der Waals surface area contributed by atoms with Crippen molar-refractivity contribution in [3.63, 3.8) is 0 Å². The molecule has 0 saturated heterocycles. The SMILES string of the molecule is Cc1ccc(C)c(-n2nnn(CN(C)[C@@H](C)c3nc4ccccc4s3)c2=S)c1. The lowest BCUT2D eigenvalue weighted by Crippen LogP contribution is -2.26. The molecule has 0 amide bonds. The lowest BCUT2D eigenvalue weighted by atomic mass is 10.1. The minimum absolute atomic E-state index is 0.144. The Morgan fingerprint density at radius 3 is 2.71 bits per heavy atom. The van der Waals surface area contributed by atoms with Gasteiger partial charge in [0.25, 0.3) is 0 Å². The van der Waals surface area contributed by atoms with Crippen molar-refractivity contribution < 1.29 is 0 Å². The van der Waals surface area contributed by atoms with Crippen molar-refractivity contribution in [2.24, 2.45) is 0 Å². The van der Waals surface area contributed by atoms with Crippen molar-refractivity contribution in [2.75, 3.05) is 7.05 Å². The van der Waals surface area contributed by atoms with Gasteiger partial charge in [0.2, 0.25) is 4.77 Å². The van der Waals surface area contributed by atoms with Crippen LogP contribution < -0.4 is 0 Å². The van der Waals surface area contributed by atoms with Crippen LogP contribution in [0.5, 0.6) is 0 Å². The molecule has 8 heteroatoms. The van der Waals surface area contributed by atoms with Crippen LogP contribution in [0.25, 0.3) is 15.9 Å². The summed E-state index contributed by atoms with van der Waals surface area (Å²) in [6.45, 7) is 6.80. The van der Waals surface area contributed by atoms with Crippen molar-refractivity contribution in [2.45, 2.75) is 33.5 Å². The summed E-state index contributed by atoms with van der Waals surface area (Å²) in [5.74, 6) is 0. The molecule has 0 N–H and O–H groups in total. The molecule has 2 heterocycles. The molecule has 2 aromatic carbocycles. The summed E-state index contributed by atoms with van der Waals surface area (Å²) in [7, 11) is 2.05. The molecule has 6 nitrogen and oxygen atoms in total. The van der Waals surface area contributed by atoms with E-state index in [0.29, 0.717) is 11.4 Å². The fourth-order valence-electron chi connectivity index (χ4n) is 3.05. The van der Waals surface area contributed by atoms with Crippen molar-refractivity contribution in [1.29, 1.82) is 0 Å². The summed E-state index contributed by atoms with van der Waals surface area (Å²) in [4.78, 5) is 6.95. The van der Waals surface area contributed by atoms with E-state index in [4.69, 9.17) is 17.2 Å². The molecule has 0 spiro atoms. The van der Waals surface area contributed by atoms with E-state index in [1.54, 1.807) is 20.7 Å². The van der Waals surface area contributed by atoms with Crippen LogP contribution in [0.3, 0.4) is 0 Å². The molecule has 4 rings (SSSR count). The molecular formula is C20H22N6S2. The molecule has 0 saturated carbocycles. The van der Waals surface area contributed by atoms with Gasteiger partial charge in [-0.2, -0.15) is 4.68 Å². The zero-order chi connectivity index (χ0) is 19.8. The topological polar surface area (TPSA) is 51.8 Å². The molecule has 2 aromatic heterocycles. The number of rotatable bonds is 5. The summed E-state index contributed by atoms with van der Waals surface area (Å²) in [6, 6.07) is 14.6. The summed E-state index contributed by atoms with van der Waals surface area (Å²) >= 11 is 7.37. The number of tetrazole rings is 1. The van der Waals surface area contributed by atoms with Crippen LogP contribution in [0.4, 0.5) is 0 Å². The molecule has 0 fully saturated rings. The third-order valence-electron chi connectivity index (χ3n) is 4.92. The number of aryl methyl sites for hydroxylation is 2. The minimum Gasteiger partial charge on any atom is -0.278 e. The second-order valence-electron chi connectivity index (χ2n) is 7.06. The van der Waals surface area contributed by atoms with Gasteiger partial charge in [0.05, 0.1) is 28.6 Å². The molecule has 1 atom stereocenters. The predicted octanol–water partition coefficient (Wildman–Crippen LogP) is 4.68. The highest BCUT2D eigenvalue weighted by atomic mass is 32.1. The molecular weight excluding hydrogens is 388 g/mol. The first kappa shape index (κ1) is 18.9. The van der Waals surface area contributed by atoms with E-state index in [2.05, 4.69) is 67.4 Å². The average Bonchev–Trinajstić information content (AvgIpc) is 3.27. The lowest BCUT2D eigenvalue weighted by Gasteiger charge is -2.22. The van der Waals surface area contributed by atoms with Crippen LogP contribution in [0.1, 0.15) is 29.1 Å². The summed E-state index contributed by atoms with van der Waals surface area (Å²) in [6.07, 6.45) is 0. The van der Waals surface area contributed by atoms with E-state index >= 15 is 0 Å². The van der Waals surface area contributed by atoms with Crippen molar-refractivity contribution in [3.8, 4) is 5.69 Å². The number of fused-ring (bicyclic) bond motifs is 1. The Labute approximate surface area is 173 Å². The van der Waals surface area contributed by atoms with Gasteiger partial charge in [-0.3, -0.25) is 4.90 Å². The standard InChI is InChI=1S/C20H22N6S2/c1-13-9-10-14(2)17(11-13)26-20(27)25(22-23-26)12-24(4)15(3)19-21-16-7-5-6-8-18(16)28-19/h5-11,15H,12H2,1-4H3/t15-/m0/s1. The maximum absolute atomic E-state index is 5.65. The lowest BCUT2D eigenvalue weighted by molar-refractivity contribution is 0.193. The van der Waals surface area contributed by atoms with Crippen LogP contribution in [0.15, 0.2) is 42.5 Å². The Morgan fingerprint density at radius 1 is 1.14 bits per heavy atom. The third kappa shape index (κ3) is 3.50. The molecule has 0 bridgehead atoms. The smallest absolute Gasteiger partial charge is 0.221 e. The highest BCUT2D eigenvalue weighted by Gasteiger charge is 2.18. The Kier molecular flexibility index (Phi) is 5.09.